The van der Waals surface area contributed by atoms with Gasteiger partial charge in [0.05, 0.1) is 11.8 Å². The Bertz CT molecular complexity index is 1090. The van der Waals surface area contributed by atoms with Crippen LogP contribution in [0.3, 0.4) is 0 Å². The van der Waals surface area contributed by atoms with E-state index >= 15 is 0 Å². The van der Waals surface area contributed by atoms with Gasteiger partial charge in [0, 0.05) is 8.59 Å². The number of carbonyl (C=O) groups excluding carboxylic acids is 2. The van der Waals surface area contributed by atoms with Gasteiger partial charge in [-0.15, -0.1) is 0 Å². The first kappa shape index (κ1) is 22.8. The molecule has 0 aliphatic heterocycles. The van der Waals surface area contributed by atoms with Crippen LogP contribution in [0.4, 0.5) is 0 Å². The van der Waals surface area contributed by atoms with E-state index in [0.29, 0.717) is 22.1 Å². The lowest BCUT2D eigenvalue weighted by Crippen LogP contribution is -2.33. The monoisotopic (exact) mass is 548 g/mol. The molecule has 0 fully saturated rings. The number of benzene rings is 3. The zero-order valence-electron chi connectivity index (χ0n) is 16.4. The van der Waals surface area contributed by atoms with E-state index in [9.17, 15) is 9.59 Å². The fourth-order valence-corrected chi connectivity index (χ4v) is 3.18. The topological polar surface area (TPSA) is 77.0 Å². The molecule has 3 aromatic carbocycles. The van der Waals surface area contributed by atoms with Gasteiger partial charge in [-0.3, -0.25) is 4.79 Å². The van der Waals surface area contributed by atoms with Crippen molar-refractivity contribution >= 4 is 52.3 Å². The molecule has 0 saturated heterocycles. The fraction of sp³-hybridized carbons (Fsp3) is 0.0870. The second-order valence-corrected chi connectivity index (χ2v) is 7.99. The molecule has 8 heteroatoms. The molecule has 0 bridgehead atoms. The number of amides is 1. The predicted molar refractivity (Wildman–Crippen MR) is 128 cm³/mol. The molecule has 158 valence electrons. The van der Waals surface area contributed by atoms with E-state index in [1.807, 2.05) is 12.1 Å². The summed E-state index contributed by atoms with van der Waals surface area (Å²) in [5, 5.41) is 4.52. The maximum atomic E-state index is 12.3. The summed E-state index contributed by atoms with van der Waals surface area (Å²) in [5.74, 6) is 0.129. The summed E-state index contributed by atoms with van der Waals surface area (Å²) in [6.07, 6.45) is 0.749. The van der Waals surface area contributed by atoms with Crippen LogP contribution in [-0.4, -0.2) is 24.2 Å². The lowest BCUT2D eigenvalue weighted by Gasteiger charge is -2.12. The maximum absolute atomic E-state index is 12.3. The van der Waals surface area contributed by atoms with Crippen LogP contribution in [-0.2, 0) is 4.79 Å². The van der Waals surface area contributed by atoms with Crippen molar-refractivity contribution in [3.05, 3.63) is 92.5 Å². The van der Waals surface area contributed by atoms with Crippen molar-refractivity contribution in [2.75, 3.05) is 0 Å². The Hall–Kier alpha value is -2.91. The first-order valence-electron chi connectivity index (χ1n) is 9.24. The number of halogens is 2. The molecule has 6 nitrogen and oxygen atoms in total. The lowest BCUT2D eigenvalue weighted by atomic mass is 10.2. The number of nitrogens with one attached hydrogen (secondary N) is 1. The molecule has 0 radical (unpaired) electrons. The van der Waals surface area contributed by atoms with Crippen LogP contribution >= 0.6 is 34.2 Å². The minimum absolute atomic E-state index is 0.394. The van der Waals surface area contributed by atoms with Gasteiger partial charge in [0.15, 0.2) is 6.10 Å². The van der Waals surface area contributed by atoms with Crippen molar-refractivity contribution in [1.82, 2.24) is 5.43 Å². The number of nitrogens with zero attached hydrogens (tertiary/aromatic N) is 1. The Morgan fingerprint density at radius 1 is 1.00 bits per heavy atom. The van der Waals surface area contributed by atoms with Gasteiger partial charge >= 0.3 is 5.97 Å². The van der Waals surface area contributed by atoms with E-state index in [0.717, 1.165) is 9.13 Å². The third kappa shape index (κ3) is 6.80. The highest BCUT2D eigenvalue weighted by atomic mass is 127. The van der Waals surface area contributed by atoms with Crippen molar-refractivity contribution in [3.8, 4) is 11.5 Å². The molecule has 3 aromatic rings. The zero-order valence-corrected chi connectivity index (χ0v) is 19.3. The molecule has 0 heterocycles. The van der Waals surface area contributed by atoms with Gasteiger partial charge in [-0.2, -0.15) is 5.10 Å². The highest BCUT2D eigenvalue weighted by molar-refractivity contribution is 14.1. The molecule has 0 aliphatic carbocycles. The third-order valence-electron chi connectivity index (χ3n) is 4.07. The second-order valence-electron chi connectivity index (χ2n) is 6.39. The minimum Gasteiger partial charge on any atom is -0.481 e. The first-order chi connectivity index (χ1) is 14.9. The van der Waals surface area contributed by atoms with Crippen LogP contribution in [0.15, 0.2) is 77.9 Å². The Balaban J connectivity index is 1.51. The molecule has 0 unspecified atom stereocenters. The normalized spacial score (nSPS) is 11.7. The standard InChI is InChI=1S/C23H18ClIN2O4/c1-15(30-18-12-8-17(24)9-13-18)22(28)27-26-14-16-6-10-19(11-7-16)31-23(29)20-4-2-3-5-21(20)25/h2-15H,1H3,(H,27,28)/b26-14-/t15-/m1/s1. The van der Waals surface area contributed by atoms with E-state index in [1.165, 1.54) is 6.21 Å². The molecule has 31 heavy (non-hydrogen) atoms. The molecule has 0 aliphatic rings. The summed E-state index contributed by atoms with van der Waals surface area (Å²) < 4.78 is 11.7. The fourth-order valence-electron chi connectivity index (χ4n) is 2.44. The molecule has 1 atom stereocenters. The first-order valence-corrected chi connectivity index (χ1v) is 10.7. The number of hydrazone groups is 1. The van der Waals surface area contributed by atoms with Gasteiger partial charge in [0.25, 0.3) is 5.91 Å². The Morgan fingerprint density at radius 3 is 2.32 bits per heavy atom. The van der Waals surface area contributed by atoms with Gasteiger partial charge in [-0.25, -0.2) is 10.2 Å². The van der Waals surface area contributed by atoms with Crippen molar-refractivity contribution in [2.24, 2.45) is 5.10 Å². The summed E-state index contributed by atoms with van der Waals surface area (Å²) in [6.45, 7) is 1.62. The van der Waals surface area contributed by atoms with Crippen LogP contribution in [0.25, 0.3) is 0 Å². The number of esters is 1. The summed E-state index contributed by atoms with van der Waals surface area (Å²) in [6, 6.07) is 20.7. The van der Waals surface area contributed by atoms with E-state index in [-0.39, 0.29) is 0 Å². The molecule has 1 amide bonds. The quantitative estimate of drug-likeness (QED) is 0.147. The van der Waals surface area contributed by atoms with Gasteiger partial charge in [-0.05, 0) is 95.7 Å². The summed E-state index contributed by atoms with van der Waals surface area (Å²) >= 11 is 7.92. The average molecular weight is 549 g/mol. The van der Waals surface area contributed by atoms with Crippen molar-refractivity contribution in [1.29, 1.82) is 0 Å². The van der Waals surface area contributed by atoms with Crippen LogP contribution < -0.4 is 14.9 Å². The largest absolute Gasteiger partial charge is 0.481 e. The number of carbonyl (C=O) groups is 2. The molecule has 1 N–H and O–H groups in total. The Morgan fingerprint density at radius 2 is 1.65 bits per heavy atom. The minimum atomic E-state index is -0.735. The van der Waals surface area contributed by atoms with Crippen LogP contribution in [0.1, 0.15) is 22.8 Å². The highest BCUT2D eigenvalue weighted by Crippen LogP contribution is 2.18. The predicted octanol–water partition coefficient (Wildman–Crippen LogP) is 5.08. The summed E-state index contributed by atoms with van der Waals surface area (Å²) in [5.41, 5.74) is 3.66. The van der Waals surface area contributed by atoms with Gasteiger partial charge in [-0.1, -0.05) is 23.7 Å². The average Bonchev–Trinajstić information content (AvgIpc) is 2.76. The molecule has 3 rings (SSSR count). The van der Waals surface area contributed by atoms with Crippen LogP contribution in [0.5, 0.6) is 11.5 Å². The van der Waals surface area contributed by atoms with Gasteiger partial charge < -0.3 is 9.47 Å². The van der Waals surface area contributed by atoms with Crippen LogP contribution in [0.2, 0.25) is 5.02 Å². The number of hydrogen-bond donors (Lipinski definition) is 1. The van der Waals surface area contributed by atoms with Crippen LogP contribution in [0, 0.1) is 3.57 Å². The molecular weight excluding hydrogens is 531 g/mol. The number of hydrogen-bond acceptors (Lipinski definition) is 5. The molecular formula is C23H18ClIN2O4. The highest BCUT2D eigenvalue weighted by Gasteiger charge is 2.14. The van der Waals surface area contributed by atoms with Crippen molar-refractivity contribution in [2.45, 2.75) is 13.0 Å². The SMILES string of the molecule is C[C@@H](Oc1ccc(Cl)cc1)C(=O)N/N=C\c1ccc(OC(=O)c2ccccc2I)cc1. The van der Waals surface area contributed by atoms with Crippen molar-refractivity contribution in [3.63, 3.8) is 0 Å². The van der Waals surface area contributed by atoms with E-state index < -0.39 is 18.0 Å². The lowest BCUT2D eigenvalue weighted by molar-refractivity contribution is -0.127. The van der Waals surface area contributed by atoms with Crippen molar-refractivity contribution < 1.29 is 19.1 Å². The number of rotatable bonds is 7. The van der Waals surface area contributed by atoms with E-state index in [4.69, 9.17) is 21.1 Å². The third-order valence-corrected chi connectivity index (χ3v) is 5.26. The zero-order chi connectivity index (χ0) is 22.2. The van der Waals surface area contributed by atoms with E-state index in [2.05, 4.69) is 33.1 Å². The molecule has 0 aromatic heterocycles. The maximum Gasteiger partial charge on any atom is 0.344 e. The van der Waals surface area contributed by atoms with E-state index in [1.54, 1.807) is 67.6 Å². The number of ether oxygens (including phenoxy) is 2. The molecule has 0 spiro atoms. The summed E-state index contributed by atoms with van der Waals surface area (Å²) in [4.78, 5) is 24.4. The molecule has 0 saturated carbocycles. The smallest absolute Gasteiger partial charge is 0.344 e. The summed E-state index contributed by atoms with van der Waals surface area (Å²) in [7, 11) is 0. The van der Waals surface area contributed by atoms with Gasteiger partial charge in [0.2, 0.25) is 0 Å². The second kappa shape index (κ2) is 10.9. The van der Waals surface area contributed by atoms with Gasteiger partial charge in [0.1, 0.15) is 11.5 Å². The Labute approximate surface area is 198 Å². The Kier molecular flexibility index (Phi) is 8.02.